The fraction of sp³-hybridized carbons (Fsp3) is 1.00. The second kappa shape index (κ2) is 2.57. The Labute approximate surface area is 50.4 Å². The number of hydrogen-bond donors (Lipinski definition) is 0. The summed E-state index contributed by atoms with van der Waals surface area (Å²) in [6.07, 6.45) is 0. The van der Waals surface area contributed by atoms with Gasteiger partial charge in [0.2, 0.25) is 0 Å². The van der Waals surface area contributed by atoms with Gasteiger partial charge in [0.25, 0.3) is 0 Å². The molecule has 0 aromatic carbocycles. The minimum atomic E-state index is -0.000000000000000222. The van der Waals surface area contributed by atoms with Crippen molar-refractivity contribution in [1.29, 1.82) is 0 Å². The SMILES string of the molecule is O=NC1SCCS1. The predicted molar refractivity (Wildman–Crippen MR) is 34.5 cm³/mol. The van der Waals surface area contributed by atoms with E-state index >= 15 is 0 Å². The maximum absolute atomic E-state index is 9.72. The molecular weight excluding hydrogens is 130 g/mol. The van der Waals surface area contributed by atoms with Crippen LogP contribution in [0.2, 0.25) is 0 Å². The molecular formula is C3H5NOS2. The molecule has 4 heteroatoms. The van der Waals surface area contributed by atoms with E-state index in [-0.39, 0.29) is 4.71 Å². The molecule has 1 heterocycles. The van der Waals surface area contributed by atoms with Gasteiger partial charge in [0.05, 0.1) is 0 Å². The van der Waals surface area contributed by atoms with Crippen molar-refractivity contribution in [3.05, 3.63) is 4.91 Å². The summed E-state index contributed by atoms with van der Waals surface area (Å²) >= 11 is 3.25. The van der Waals surface area contributed by atoms with Gasteiger partial charge in [0, 0.05) is 11.5 Å². The van der Waals surface area contributed by atoms with Crippen molar-refractivity contribution in [2.45, 2.75) is 4.71 Å². The zero-order valence-corrected chi connectivity index (χ0v) is 5.30. The number of rotatable bonds is 1. The predicted octanol–water partition coefficient (Wildman–Crippen LogP) is 1.52. The van der Waals surface area contributed by atoms with Gasteiger partial charge in [-0.15, -0.1) is 28.4 Å². The van der Waals surface area contributed by atoms with Gasteiger partial charge in [0.15, 0.2) is 4.71 Å². The van der Waals surface area contributed by atoms with Crippen LogP contribution in [-0.4, -0.2) is 16.2 Å². The zero-order chi connectivity index (χ0) is 5.11. The molecule has 0 bridgehead atoms. The van der Waals surface area contributed by atoms with Gasteiger partial charge in [0.1, 0.15) is 0 Å². The second-order valence-electron chi connectivity index (χ2n) is 1.15. The highest BCUT2D eigenvalue weighted by Gasteiger charge is 2.14. The third kappa shape index (κ3) is 1.35. The first-order valence-corrected chi connectivity index (χ1v) is 4.09. The lowest BCUT2D eigenvalue weighted by atomic mass is 11.0. The van der Waals surface area contributed by atoms with E-state index in [1.165, 1.54) is 0 Å². The Kier molecular flexibility index (Phi) is 2.00. The van der Waals surface area contributed by atoms with Crippen LogP contribution in [0.15, 0.2) is 5.18 Å². The first kappa shape index (κ1) is 5.44. The van der Waals surface area contributed by atoms with E-state index in [9.17, 15) is 4.91 Å². The summed E-state index contributed by atoms with van der Waals surface area (Å²) in [5.41, 5.74) is 0. The number of nitrogens with zero attached hydrogens (tertiary/aromatic N) is 1. The standard InChI is InChI=1S/C3H5NOS2/c5-4-3-6-1-2-7-3/h3H,1-2H2. The van der Waals surface area contributed by atoms with E-state index in [2.05, 4.69) is 5.18 Å². The lowest BCUT2D eigenvalue weighted by Crippen LogP contribution is -1.78. The van der Waals surface area contributed by atoms with Gasteiger partial charge in [-0.3, -0.25) is 0 Å². The molecule has 1 aliphatic rings. The Bertz CT molecular complexity index is 71.3. The largest absolute Gasteiger partial charge is 0.183 e. The van der Waals surface area contributed by atoms with Crippen LogP contribution >= 0.6 is 23.5 Å². The van der Waals surface area contributed by atoms with E-state index < -0.39 is 0 Å². The van der Waals surface area contributed by atoms with E-state index in [1.54, 1.807) is 23.5 Å². The molecule has 0 N–H and O–H groups in total. The van der Waals surface area contributed by atoms with E-state index in [4.69, 9.17) is 0 Å². The summed E-state index contributed by atoms with van der Waals surface area (Å²) in [4.78, 5) is 9.72. The minimum absolute atomic E-state index is 0.000000000000000222. The second-order valence-corrected chi connectivity index (χ2v) is 3.83. The Morgan fingerprint density at radius 3 is 2.29 bits per heavy atom. The van der Waals surface area contributed by atoms with E-state index in [0.29, 0.717) is 0 Å². The number of hydrogen-bond acceptors (Lipinski definition) is 4. The molecule has 40 valence electrons. The fourth-order valence-corrected chi connectivity index (χ4v) is 2.66. The summed E-state index contributed by atoms with van der Waals surface area (Å²) in [6.45, 7) is 0. The van der Waals surface area contributed by atoms with Crippen molar-refractivity contribution >= 4 is 23.5 Å². The normalized spacial score (nSPS) is 22.9. The molecule has 0 aromatic rings. The molecule has 0 aliphatic carbocycles. The van der Waals surface area contributed by atoms with Crippen LogP contribution in [0.25, 0.3) is 0 Å². The summed E-state index contributed by atoms with van der Waals surface area (Å²) in [5, 5.41) is 2.86. The van der Waals surface area contributed by atoms with Crippen LogP contribution in [-0.2, 0) is 0 Å². The monoisotopic (exact) mass is 135 g/mol. The average Bonchev–Trinajstić information content (AvgIpc) is 2.14. The molecule has 1 fully saturated rings. The number of nitroso groups, excluding NO2 is 1. The van der Waals surface area contributed by atoms with Crippen molar-refractivity contribution in [3.8, 4) is 0 Å². The van der Waals surface area contributed by atoms with Crippen molar-refractivity contribution < 1.29 is 0 Å². The Balaban J connectivity index is 2.26. The zero-order valence-electron chi connectivity index (χ0n) is 3.66. The minimum Gasteiger partial charge on any atom is -0.149 e. The Hall–Kier alpha value is 0.300. The quantitative estimate of drug-likeness (QED) is 0.510. The third-order valence-electron chi connectivity index (χ3n) is 0.690. The highest BCUT2D eigenvalue weighted by atomic mass is 32.2. The molecule has 0 radical (unpaired) electrons. The van der Waals surface area contributed by atoms with Crippen molar-refractivity contribution in [2.75, 3.05) is 11.5 Å². The summed E-state index contributed by atoms with van der Waals surface area (Å²) in [7, 11) is 0. The fourth-order valence-electron chi connectivity index (χ4n) is 0.407. The molecule has 1 aliphatic heterocycles. The van der Waals surface area contributed by atoms with Crippen molar-refractivity contribution in [3.63, 3.8) is 0 Å². The summed E-state index contributed by atoms with van der Waals surface area (Å²) in [5.74, 6) is 2.17. The third-order valence-corrected chi connectivity index (χ3v) is 3.39. The average molecular weight is 135 g/mol. The van der Waals surface area contributed by atoms with E-state index in [1.807, 2.05) is 0 Å². The molecule has 0 spiro atoms. The molecule has 1 rings (SSSR count). The first-order valence-electron chi connectivity index (χ1n) is 1.99. The lowest BCUT2D eigenvalue weighted by Gasteiger charge is -1.88. The Morgan fingerprint density at radius 2 is 2.00 bits per heavy atom. The van der Waals surface area contributed by atoms with Crippen LogP contribution in [0.1, 0.15) is 0 Å². The first-order chi connectivity index (χ1) is 3.43. The van der Waals surface area contributed by atoms with Crippen LogP contribution in [0.4, 0.5) is 0 Å². The summed E-state index contributed by atoms with van der Waals surface area (Å²) in [6, 6.07) is 0. The highest BCUT2D eigenvalue weighted by Crippen LogP contribution is 2.31. The van der Waals surface area contributed by atoms with Gasteiger partial charge < -0.3 is 0 Å². The topological polar surface area (TPSA) is 29.4 Å². The van der Waals surface area contributed by atoms with Crippen LogP contribution in [0.3, 0.4) is 0 Å². The molecule has 2 nitrogen and oxygen atoms in total. The van der Waals surface area contributed by atoms with Gasteiger partial charge >= 0.3 is 0 Å². The molecule has 0 saturated carbocycles. The lowest BCUT2D eigenvalue weighted by molar-refractivity contribution is 1.29. The van der Waals surface area contributed by atoms with Crippen LogP contribution in [0.5, 0.6) is 0 Å². The molecule has 0 atom stereocenters. The van der Waals surface area contributed by atoms with Gasteiger partial charge in [-0.25, -0.2) is 0 Å². The molecule has 0 aromatic heterocycles. The smallest absolute Gasteiger partial charge is 0.149 e. The molecule has 1 saturated heterocycles. The van der Waals surface area contributed by atoms with Crippen molar-refractivity contribution in [2.24, 2.45) is 5.18 Å². The van der Waals surface area contributed by atoms with E-state index in [0.717, 1.165) is 11.5 Å². The maximum atomic E-state index is 9.72. The number of thioether (sulfide) groups is 2. The highest BCUT2D eigenvalue weighted by molar-refractivity contribution is 8.20. The molecule has 0 unspecified atom stereocenters. The van der Waals surface area contributed by atoms with Gasteiger partial charge in [-0.2, -0.15) is 0 Å². The van der Waals surface area contributed by atoms with Crippen LogP contribution < -0.4 is 0 Å². The molecule has 0 amide bonds. The van der Waals surface area contributed by atoms with Crippen molar-refractivity contribution in [1.82, 2.24) is 0 Å². The Morgan fingerprint density at radius 1 is 1.43 bits per heavy atom. The molecule has 7 heavy (non-hydrogen) atoms. The summed E-state index contributed by atoms with van der Waals surface area (Å²) < 4.78 is -0.000000000000000222. The van der Waals surface area contributed by atoms with Gasteiger partial charge in [-0.05, 0) is 5.18 Å². The van der Waals surface area contributed by atoms with Crippen LogP contribution in [0, 0.1) is 4.91 Å². The van der Waals surface area contributed by atoms with Gasteiger partial charge in [-0.1, -0.05) is 0 Å². The maximum Gasteiger partial charge on any atom is 0.183 e.